The minimum Gasteiger partial charge on any atom is -0.423 e. The third-order valence-corrected chi connectivity index (χ3v) is 9.83. The molecule has 0 amide bonds. The quantitative estimate of drug-likeness (QED) is 0.134. The van der Waals surface area contributed by atoms with Gasteiger partial charge in [0.2, 0.25) is 5.82 Å². The molecule has 0 heterocycles. The zero-order valence-corrected chi connectivity index (χ0v) is 22.6. The summed E-state index contributed by atoms with van der Waals surface area (Å²) in [4.78, 5) is 13.0. The fourth-order valence-corrected chi connectivity index (χ4v) is 7.72. The van der Waals surface area contributed by atoms with Crippen molar-refractivity contribution in [1.29, 1.82) is 0 Å². The highest BCUT2D eigenvalue weighted by Gasteiger charge is 2.44. The Bertz CT molecular complexity index is 922. The van der Waals surface area contributed by atoms with Crippen LogP contribution in [0.1, 0.15) is 115 Å². The van der Waals surface area contributed by atoms with E-state index in [1.54, 1.807) is 0 Å². The molecule has 3 aliphatic rings. The van der Waals surface area contributed by atoms with E-state index < -0.39 is 41.0 Å². The van der Waals surface area contributed by atoms with Gasteiger partial charge in [-0.25, -0.2) is 4.39 Å². The number of carbonyl (C=O) groups is 1. The van der Waals surface area contributed by atoms with Gasteiger partial charge < -0.3 is 4.74 Å². The summed E-state index contributed by atoms with van der Waals surface area (Å²) in [5.74, 6) is -2.70. The Hall–Kier alpha value is -1.66. The van der Waals surface area contributed by atoms with Crippen LogP contribution in [0, 0.1) is 47.1 Å². The van der Waals surface area contributed by atoms with Crippen molar-refractivity contribution in [3.8, 4) is 5.75 Å². The first-order chi connectivity index (χ1) is 18.2. The summed E-state index contributed by atoms with van der Waals surface area (Å²) in [5.41, 5.74) is -1.70. The van der Waals surface area contributed by atoms with Gasteiger partial charge in [-0.05, 0) is 80.2 Å². The van der Waals surface area contributed by atoms with E-state index in [1.807, 2.05) is 0 Å². The predicted octanol–water partition coefficient (Wildman–Crippen LogP) is 9.89. The number of rotatable bonds is 9. The molecule has 7 heteroatoms. The highest BCUT2D eigenvalue weighted by atomic mass is 19.4. The van der Waals surface area contributed by atoms with E-state index >= 15 is 0 Å². The summed E-state index contributed by atoms with van der Waals surface area (Å²) in [7, 11) is 0. The van der Waals surface area contributed by atoms with E-state index in [9.17, 15) is 26.7 Å². The number of carbonyl (C=O) groups excluding carboxylic acids is 1. The Morgan fingerprint density at radius 1 is 0.842 bits per heavy atom. The summed E-state index contributed by atoms with van der Waals surface area (Å²) >= 11 is 0. The zero-order chi connectivity index (χ0) is 27.3. The highest BCUT2D eigenvalue weighted by molar-refractivity contribution is 5.75. The van der Waals surface area contributed by atoms with E-state index in [2.05, 4.69) is 6.92 Å². The van der Waals surface area contributed by atoms with Crippen molar-refractivity contribution >= 4 is 5.97 Å². The lowest BCUT2D eigenvalue weighted by Gasteiger charge is -2.46. The number of unbranched alkanes of at least 4 members (excludes halogenated alkanes) is 4. The third-order valence-electron chi connectivity index (χ3n) is 9.83. The van der Waals surface area contributed by atoms with Crippen LogP contribution >= 0.6 is 0 Å². The normalized spacial score (nSPS) is 30.1. The number of fused-ring (bicyclic) bond motifs is 1. The van der Waals surface area contributed by atoms with Crippen molar-refractivity contribution in [2.45, 2.75) is 116 Å². The van der Waals surface area contributed by atoms with Crippen molar-refractivity contribution in [2.75, 3.05) is 0 Å². The van der Waals surface area contributed by atoms with Crippen LogP contribution < -0.4 is 4.74 Å². The van der Waals surface area contributed by atoms with E-state index in [0.717, 1.165) is 43.9 Å². The number of hydrogen-bond acceptors (Lipinski definition) is 2. The van der Waals surface area contributed by atoms with E-state index in [4.69, 9.17) is 4.74 Å². The van der Waals surface area contributed by atoms with Gasteiger partial charge in [0.15, 0.2) is 11.6 Å². The number of ether oxygens (including phenoxy) is 1. The first kappa shape index (κ1) is 29.3. The number of halogens is 5. The molecule has 38 heavy (non-hydrogen) atoms. The number of alkyl halides is 3. The molecule has 214 valence electrons. The summed E-state index contributed by atoms with van der Waals surface area (Å²) in [6.45, 7) is 2.25. The average Bonchev–Trinajstić information content (AvgIpc) is 2.90. The second kappa shape index (κ2) is 13.1. The lowest BCUT2D eigenvalue weighted by Crippen LogP contribution is -2.40. The molecule has 3 aliphatic carbocycles. The van der Waals surface area contributed by atoms with Crippen LogP contribution in [-0.2, 0) is 11.0 Å². The van der Waals surface area contributed by atoms with E-state index in [0.29, 0.717) is 30.4 Å². The Balaban J connectivity index is 1.28. The molecule has 3 fully saturated rings. The molecule has 1 aromatic carbocycles. The molecule has 4 atom stereocenters. The largest absolute Gasteiger partial charge is 0.423 e. The van der Waals surface area contributed by atoms with Crippen LogP contribution in [0.2, 0.25) is 0 Å². The monoisotopic (exact) mass is 542 g/mol. The van der Waals surface area contributed by atoms with Gasteiger partial charge in [-0.1, -0.05) is 71.1 Å². The smallest absolute Gasteiger partial charge is 0.419 e. The van der Waals surface area contributed by atoms with Crippen molar-refractivity contribution in [1.82, 2.24) is 0 Å². The fraction of sp³-hybridized carbons (Fsp3) is 0.774. The first-order valence-electron chi connectivity index (χ1n) is 15.0. The maximum atomic E-state index is 14.3. The summed E-state index contributed by atoms with van der Waals surface area (Å²) < 4.78 is 72.0. The molecule has 1 aromatic rings. The molecule has 0 bridgehead atoms. The second-order valence-electron chi connectivity index (χ2n) is 12.2. The first-order valence-corrected chi connectivity index (χ1v) is 15.0. The maximum Gasteiger partial charge on any atom is 0.419 e. The van der Waals surface area contributed by atoms with Crippen molar-refractivity contribution in [3.05, 3.63) is 29.3 Å². The molecule has 0 aliphatic heterocycles. The van der Waals surface area contributed by atoms with Gasteiger partial charge in [0.25, 0.3) is 0 Å². The van der Waals surface area contributed by atoms with E-state index in [-0.39, 0.29) is 5.92 Å². The Morgan fingerprint density at radius 3 is 2.26 bits per heavy atom. The summed E-state index contributed by atoms with van der Waals surface area (Å²) in [6, 6.07) is 1.13. The molecule has 0 N–H and O–H groups in total. The molecule has 4 unspecified atom stereocenters. The van der Waals surface area contributed by atoms with Crippen LogP contribution in [-0.4, -0.2) is 5.97 Å². The third kappa shape index (κ3) is 7.10. The van der Waals surface area contributed by atoms with Crippen molar-refractivity contribution in [2.24, 2.45) is 35.5 Å². The molecular formula is C31H43F5O2. The van der Waals surface area contributed by atoms with Crippen LogP contribution in [0.4, 0.5) is 22.0 Å². The van der Waals surface area contributed by atoms with Crippen LogP contribution in [0.3, 0.4) is 0 Å². The Labute approximate surface area is 224 Å². The zero-order valence-electron chi connectivity index (χ0n) is 22.6. The highest BCUT2D eigenvalue weighted by Crippen LogP contribution is 2.50. The molecule has 0 aromatic heterocycles. The van der Waals surface area contributed by atoms with Gasteiger partial charge in [0.1, 0.15) is 0 Å². The van der Waals surface area contributed by atoms with Gasteiger partial charge in [0, 0.05) is 0 Å². The average molecular weight is 543 g/mol. The van der Waals surface area contributed by atoms with Crippen molar-refractivity contribution in [3.63, 3.8) is 0 Å². The topological polar surface area (TPSA) is 26.3 Å². The van der Waals surface area contributed by atoms with Gasteiger partial charge in [-0.15, -0.1) is 0 Å². The molecule has 0 saturated heterocycles. The van der Waals surface area contributed by atoms with Crippen LogP contribution in [0.25, 0.3) is 0 Å². The lowest BCUT2D eigenvalue weighted by atomic mass is 9.59. The molecule has 4 rings (SSSR count). The second-order valence-corrected chi connectivity index (χ2v) is 12.2. The minimum absolute atomic E-state index is 0.148. The van der Waals surface area contributed by atoms with Crippen LogP contribution in [0.5, 0.6) is 5.75 Å². The van der Waals surface area contributed by atoms with Gasteiger partial charge in [0.05, 0.1) is 11.5 Å². The summed E-state index contributed by atoms with van der Waals surface area (Å²) in [6.07, 6.45) is 14.1. The predicted molar refractivity (Wildman–Crippen MR) is 137 cm³/mol. The number of esters is 1. The molecule has 3 saturated carbocycles. The van der Waals surface area contributed by atoms with Gasteiger partial charge in [-0.3, -0.25) is 4.79 Å². The molecule has 0 radical (unpaired) electrons. The van der Waals surface area contributed by atoms with Gasteiger partial charge >= 0.3 is 12.1 Å². The SMILES string of the molecule is CCCCCCCC1CCC(C2CCC3C(CCCC3C(=O)Oc3ccc(C(F)(F)F)c(F)c3F)C2)CC1. The Morgan fingerprint density at radius 2 is 1.55 bits per heavy atom. The maximum absolute atomic E-state index is 14.3. The molecule has 2 nitrogen and oxygen atoms in total. The molecular weight excluding hydrogens is 499 g/mol. The lowest BCUT2D eigenvalue weighted by molar-refractivity contribution is -0.144. The van der Waals surface area contributed by atoms with Gasteiger partial charge in [-0.2, -0.15) is 17.6 Å². The number of benzene rings is 1. The minimum atomic E-state index is -5.02. The number of hydrogen-bond donors (Lipinski definition) is 0. The van der Waals surface area contributed by atoms with Crippen molar-refractivity contribution < 1.29 is 31.5 Å². The molecule has 0 spiro atoms. The Kier molecular flexibility index (Phi) is 10.1. The van der Waals surface area contributed by atoms with E-state index in [1.165, 1.54) is 64.2 Å². The standard InChI is InChI=1S/C31H43F5O2/c1-2-3-4-5-6-8-20-11-13-21(14-12-20)22-15-16-24-23(19-22)9-7-10-25(24)30(37)38-27-18-17-26(31(34,35)36)28(32)29(27)33/h17-18,20-25H,2-16,19H2,1H3. The van der Waals surface area contributed by atoms with Crippen LogP contribution in [0.15, 0.2) is 12.1 Å². The summed E-state index contributed by atoms with van der Waals surface area (Å²) in [5, 5.41) is 0. The fourth-order valence-electron chi connectivity index (χ4n) is 7.72.